The molecule has 0 unspecified atom stereocenters. The van der Waals surface area contributed by atoms with E-state index in [1.54, 1.807) is 25.1 Å². The lowest BCUT2D eigenvalue weighted by atomic mass is 10.0. The smallest absolute Gasteiger partial charge is 0.338 e. The van der Waals surface area contributed by atoms with Crippen molar-refractivity contribution in [2.75, 3.05) is 6.61 Å². The maximum absolute atomic E-state index is 11.8. The van der Waals surface area contributed by atoms with E-state index in [-0.39, 0.29) is 6.61 Å². The second-order valence-electron chi connectivity index (χ2n) is 3.97. The molecule has 0 aromatic heterocycles. The molecule has 0 aliphatic heterocycles. The standard InChI is InChI=1S/C15H15NO4/c1-2-20-15(19)13-7-5-11(4-3-9-16)10-12(13)6-8-14(17)18/h5-8,10H,2-4H2,1H3,(H,17,18)/b8-6+. The van der Waals surface area contributed by atoms with Crippen molar-refractivity contribution >= 4 is 18.0 Å². The number of hydrogen-bond acceptors (Lipinski definition) is 4. The Labute approximate surface area is 117 Å². The van der Waals surface area contributed by atoms with Gasteiger partial charge in [-0.3, -0.25) is 0 Å². The Balaban J connectivity index is 3.12. The summed E-state index contributed by atoms with van der Waals surface area (Å²) in [6.45, 7) is 1.95. The van der Waals surface area contributed by atoms with Gasteiger partial charge >= 0.3 is 11.9 Å². The molecular formula is C15H15NO4. The van der Waals surface area contributed by atoms with Gasteiger partial charge in [-0.05, 0) is 36.6 Å². The number of ether oxygens (including phenoxy) is 1. The molecule has 0 aliphatic carbocycles. The number of hydrogen-bond donors (Lipinski definition) is 1. The van der Waals surface area contributed by atoms with Gasteiger partial charge in [-0.25, -0.2) is 9.59 Å². The zero-order chi connectivity index (χ0) is 15.0. The Morgan fingerprint density at radius 1 is 1.45 bits per heavy atom. The van der Waals surface area contributed by atoms with Crippen LogP contribution in [0.2, 0.25) is 0 Å². The number of carboxylic acids is 1. The van der Waals surface area contributed by atoms with Crippen molar-refractivity contribution in [3.8, 4) is 6.07 Å². The molecule has 1 N–H and O–H groups in total. The van der Waals surface area contributed by atoms with Crippen LogP contribution in [0.25, 0.3) is 6.08 Å². The number of carboxylic acid groups (broad SMARTS) is 1. The molecular weight excluding hydrogens is 258 g/mol. The fourth-order valence-electron chi connectivity index (χ4n) is 1.66. The van der Waals surface area contributed by atoms with Crippen LogP contribution in [0.1, 0.15) is 34.8 Å². The number of aliphatic carboxylic acids is 1. The summed E-state index contributed by atoms with van der Waals surface area (Å²) >= 11 is 0. The summed E-state index contributed by atoms with van der Waals surface area (Å²) in [5.74, 6) is -1.59. The first-order valence-corrected chi connectivity index (χ1v) is 6.16. The van der Waals surface area contributed by atoms with Gasteiger partial charge in [-0.2, -0.15) is 5.26 Å². The predicted molar refractivity (Wildman–Crippen MR) is 73.0 cm³/mol. The molecule has 0 heterocycles. The molecule has 5 heteroatoms. The van der Waals surface area contributed by atoms with Crippen LogP contribution in [0.4, 0.5) is 0 Å². The van der Waals surface area contributed by atoms with Gasteiger partial charge in [0.15, 0.2) is 0 Å². The van der Waals surface area contributed by atoms with E-state index in [0.29, 0.717) is 24.0 Å². The first-order valence-electron chi connectivity index (χ1n) is 6.16. The second-order valence-corrected chi connectivity index (χ2v) is 3.97. The molecule has 0 spiro atoms. The van der Waals surface area contributed by atoms with Gasteiger partial charge < -0.3 is 9.84 Å². The third-order valence-electron chi connectivity index (χ3n) is 2.54. The van der Waals surface area contributed by atoms with Crippen molar-refractivity contribution in [3.05, 3.63) is 41.0 Å². The van der Waals surface area contributed by atoms with E-state index in [1.165, 1.54) is 6.08 Å². The maximum atomic E-state index is 11.8. The van der Waals surface area contributed by atoms with Gasteiger partial charge in [0.25, 0.3) is 0 Å². The van der Waals surface area contributed by atoms with Gasteiger partial charge in [0.2, 0.25) is 0 Å². The van der Waals surface area contributed by atoms with Crippen LogP contribution in [0, 0.1) is 11.3 Å². The quantitative estimate of drug-likeness (QED) is 0.635. The average Bonchev–Trinajstić information content (AvgIpc) is 2.43. The van der Waals surface area contributed by atoms with Crippen LogP contribution in [0.5, 0.6) is 0 Å². The molecule has 0 atom stereocenters. The van der Waals surface area contributed by atoms with Crippen LogP contribution >= 0.6 is 0 Å². The van der Waals surface area contributed by atoms with E-state index in [4.69, 9.17) is 15.1 Å². The number of rotatable bonds is 6. The Bertz CT molecular complexity index is 570. The zero-order valence-corrected chi connectivity index (χ0v) is 11.1. The molecule has 5 nitrogen and oxygen atoms in total. The lowest BCUT2D eigenvalue weighted by Crippen LogP contribution is -2.07. The summed E-state index contributed by atoms with van der Waals surface area (Å²) in [6, 6.07) is 7.06. The van der Waals surface area contributed by atoms with Crippen LogP contribution in [0.3, 0.4) is 0 Å². The van der Waals surface area contributed by atoms with E-state index in [9.17, 15) is 9.59 Å². The molecule has 104 valence electrons. The van der Waals surface area contributed by atoms with E-state index >= 15 is 0 Å². The highest BCUT2D eigenvalue weighted by molar-refractivity contribution is 5.95. The minimum absolute atomic E-state index is 0.247. The van der Waals surface area contributed by atoms with Gasteiger partial charge in [-0.15, -0.1) is 0 Å². The highest BCUT2D eigenvalue weighted by Gasteiger charge is 2.11. The van der Waals surface area contributed by atoms with Crippen LogP contribution in [0.15, 0.2) is 24.3 Å². The van der Waals surface area contributed by atoms with E-state index in [1.807, 2.05) is 6.07 Å². The molecule has 0 fully saturated rings. The normalized spacial score (nSPS) is 10.2. The summed E-state index contributed by atoms with van der Waals surface area (Å²) in [5.41, 5.74) is 1.65. The Kier molecular flexibility index (Phi) is 5.98. The number of esters is 1. The average molecular weight is 273 g/mol. The largest absolute Gasteiger partial charge is 0.478 e. The lowest BCUT2D eigenvalue weighted by Gasteiger charge is -2.07. The summed E-state index contributed by atoms with van der Waals surface area (Å²) in [7, 11) is 0. The molecule has 1 aromatic carbocycles. The molecule has 0 bridgehead atoms. The first kappa shape index (κ1) is 15.4. The Morgan fingerprint density at radius 3 is 2.80 bits per heavy atom. The minimum atomic E-state index is -1.10. The molecule has 1 aromatic rings. The van der Waals surface area contributed by atoms with Gasteiger partial charge in [-0.1, -0.05) is 12.1 Å². The number of carbonyl (C=O) groups excluding carboxylic acids is 1. The van der Waals surface area contributed by atoms with Gasteiger partial charge in [0.05, 0.1) is 18.2 Å². The van der Waals surface area contributed by atoms with Crippen molar-refractivity contribution in [2.45, 2.75) is 19.8 Å². The molecule has 20 heavy (non-hydrogen) atoms. The fraction of sp³-hybridized carbons (Fsp3) is 0.267. The van der Waals surface area contributed by atoms with Crippen LogP contribution < -0.4 is 0 Å². The van der Waals surface area contributed by atoms with Gasteiger partial charge in [0, 0.05) is 12.5 Å². The topological polar surface area (TPSA) is 87.4 Å². The van der Waals surface area contributed by atoms with Crippen LogP contribution in [-0.2, 0) is 16.0 Å². The number of nitriles is 1. The summed E-state index contributed by atoms with van der Waals surface area (Å²) in [4.78, 5) is 22.4. The molecule has 0 aliphatic rings. The van der Waals surface area contributed by atoms with Crippen molar-refractivity contribution < 1.29 is 19.4 Å². The summed E-state index contributed by atoms with van der Waals surface area (Å²) in [6.07, 6.45) is 3.23. The molecule has 0 amide bonds. The molecule has 0 saturated heterocycles. The Hall–Kier alpha value is -2.61. The second kappa shape index (κ2) is 7.74. The van der Waals surface area contributed by atoms with Crippen molar-refractivity contribution in [2.24, 2.45) is 0 Å². The van der Waals surface area contributed by atoms with Crippen molar-refractivity contribution in [3.63, 3.8) is 0 Å². The number of nitrogens with zero attached hydrogens (tertiary/aromatic N) is 1. The van der Waals surface area contributed by atoms with Gasteiger partial charge in [0.1, 0.15) is 0 Å². The molecule has 0 radical (unpaired) electrons. The van der Waals surface area contributed by atoms with E-state index in [0.717, 1.165) is 11.6 Å². The fourth-order valence-corrected chi connectivity index (χ4v) is 1.66. The van der Waals surface area contributed by atoms with E-state index < -0.39 is 11.9 Å². The number of benzene rings is 1. The summed E-state index contributed by atoms with van der Waals surface area (Å²) in [5, 5.41) is 17.2. The van der Waals surface area contributed by atoms with E-state index in [2.05, 4.69) is 0 Å². The lowest BCUT2D eigenvalue weighted by molar-refractivity contribution is -0.131. The Morgan fingerprint density at radius 2 is 2.20 bits per heavy atom. The first-order chi connectivity index (χ1) is 9.58. The predicted octanol–water partition coefficient (Wildman–Crippen LogP) is 2.42. The monoisotopic (exact) mass is 273 g/mol. The third-order valence-corrected chi connectivity index (χ3v) is 2.54. The van der Waals surface area contributed by atoms with Crippen molar-refractivity contribution in [1.29, 1.82) is 5.26 Å². The zero-order valence-electron chi connectivity index (χ0n) is 11.1. The van der Waals surface area contributed by atoms with Crippen molar-refractivity contribution in [1.82, 2.24) is 0 Å². The SMILES string of the molecule is CCOC(=O)c1ccc(CCC#N)cc1/C=C/C(=O)O. The van der Waals surface area contributed by atoms with Crippen LogP contribution in [-0.4, -0.2) is 23.7 Å². The number of aryl methyl sites for hydroxylation is 1. The highest BCUT2D eigenvalue weighted by atomic mass is 16.5. The number of carbonyl (C=O) groups is 2. The molecule has 1 rings (SSSR count). The maximum Gasteiger partial charge on any atom is 0.338 e. The molecule has 0 saturated carbocycles. The summed E-state index contributed by atoms with van der Waals surface area (Å²) < 4.78 is 4.92. The minimum Gasteiger partial charge on any atom is -0.478 e. The highest BCUT2D eigenvalue weighted by Crippen LogP contribution is 2.16. The third kappa shape index (κ3) is 4.58.